The van der Waals surface area contributed by atoms with Crippen molar-refractivity contribution >= 4 is 17.6 Å². The van der Waals surface area contributed by atoms with E-state index in [-0.39, 0.29) is 17.6 Å². The normalized spacial score (nSPS) is 13.0. The largest absolute Gasteiger partial charge is 0.391 e. The van der Waals surface area contributed by atoms with Crippen molar-refractivity contribution in [1.29, 1.82) is 0 Å². The van der Waals surface area contributed by atoms with Crippen LogP contribution in [0.3, 0.4) is 0 Å². The molecule has 0 saturated carbocycles. The average Bonchev–Trinajstić information content (AvgIpc) is 3.07. The molecule has 0 bridgehead atoms. The van der Waals surface area contributed by atoms with Crippen molar-refractivity contribution in [3.05, 3.63) is 107 Å². The summed E-state index contributed by atoms with van der Waals surface area (Å²) < 4.78 is 0. The number of ketones is 1. The van der Waals surface area contributed by atoms with Crippen molar-refractivity contribution in [3.63, 3.8) is 0 Å². The fourth-order valence-electron chi connectivity index (χ4n) is 4.25. The van der Waals surface area contributed by atoms with Crippen LogP contribution in [0.15, 0.2) is 84.9 Å². The molecule has 0 aliphatic heterocycles. The molecule has 0 atom stereocenters. The number of hydrogen-bond donors (Lipinski definition) is 3. The molecule has 3 aromatic rings. The first-order valence-electron chi connectivity index (χ1n) is 17.3. The van der Waals surface area contributed by atoms with Gasteiger partial charge in [-0.05, 0) is 67.7 Å². The molecule has 1 aliphatic carbocycles. The molecule has 1 aliphatic rings. The number of terminal acetylenes is 1. The van der Waals surface area contributed by atoms with Gasteiger partial charge in [-0.15, -0.1) is 6.42 Å². The van der Waals surface area contributed by atoms with Crippen molar-refractivity contribution in [2.75, 3.05) is 14.1 Å². The number of hydrazine groups is 1. The molecule has 0 aromatic heterocycles. The fraction of sp³-hybridized carbons (Fsp3) is 0.465. The third-order valence-corrected chi connectivity index (χ3v) is 7.14. The molecule has 2 amide bonds. The number of fused-ring (bicyclic) bond motifs is 1. The summed E-state index contributed by atoms with van der Waals surface area (Å²) in [6.07, 6.45) is 9.28. The molecule has 7 heteroatoms. The summed E-state index contributed by atoms with van der Waals surface area (Å²) in [5, 5.41) is 10.2. The molecule has 0 saturated heterocycles. The van der Waals surface area contributed by atoms with Gasteiger partial charge in [-0.2, -0.15) is 0 Å². The van der Waals surface area contributed by atoms with Gasteiger partial charge in [-0.3, -0.25) is 19.8 Å². The molecular formula is C43H65N3O4. The number of carbonyl (C=O) groups is 3. The molecule has 0 heterocycles. The van der Waals surface area contributed by atoms with Crippen LogP contribution in [-0.2, 0) is 20.4 Å². The van der Waals surface area contributed by atoms with Crippen molar-refractivity contribution in [2.24, 2.45) is 5.73 Å². The second-order valence-electron chi connectivity index (χ2n) is 14.2. The first-order chi connectivity index (χ1) is 23.1. The Bertz CT molecular complexity index is 1380. The molecule has 7 nitrogen and oxygen atoms in total. The Kier molecular flexibility index (Phi) is 23.8. The van der Waals surface area contributed by atoms with Crippen LogP contribution >= 0.6 is 0 Å². The van der Waals surface area contributed by atoms with E-state index in [0.29, 0.717) is 30.1 Å². The topological polar surface area (TPSA) is 113 Å². The van der Waals surface area contributed by atoms with Gasteiger partial charge in [0.05, 0.1) is 5.60 Å². The van der Waals surface area contributed by atoms with Crippen molar-refractivity contribution in [3.8, 4) is 12.3 Å². The highest BCUT2D eigenvalue weighted by Gasteiger charge is 2.36. The van der Waals surface area contributed by atoms with Gasteiger partial charge in [0.1, 0.15) is 0 Å². The molecule has 0 radical (unpaired) electrons. The summed E-state index contributed by atoms with van der Waals surface area (Å²) in [7, 11) is 3.57. The van der Waals surface area contributed by atoms with Crippen LogP contribution in [-0.4, -0.2) is 47.4 Å². The zero-order valence-electron chi connectivity index (χ0n) is 32.9. The van der Waals surface area contributed by atoms with E-state index in [4.69, 9.17) is 11.5 Å². The number of nitrogens with one attached hydrogen (secondary N) is 1. The first kappa shape index (κ1) is 47.9. The molecule has 4 N–H and O–H groups in total. The van der Waals surface area contributed by atoms with E-state index in [9.17, 15) is 14.4 Å². The van der Waals surface area contributed by atoms with Crippen LogP contribution in [0.25, 0.3) is 0 Å². The average molecular weight is 688 g/mol. The van der Waals surface area contributed by atoms with Crippen LogP contribution < -0.4 is 11.2 Å². The minimum absolute atomic E-state index is 0.0509. The van der Waals surface area contributed by atoms with Gasteiger partial charge in [0.15, 0.2) is 5.78 Å². The second kappa shape index (κ2) is 24.8. The summed E-state index contributed by atoms with van der Waals surface area (Å²) >= 11 is 0. The highest BCUT2D eigenvalue weighted by atomic mass is 16.3. The molecule has 0 spiro atoms. The van der Waals surface area contributed by atoms with Gasteiger partial charge < -0.3 is 10.8 Å². The fourth-order valence-corrected chi connectivity index (χ4v) is 4.25. The molecule has 276 valence electrons. The summed E-state index contributed by atoms with van der Waals surface area (Å²) in [5.41, 5.74) is 12.3. The number of carbonyl (C=O) groups excluding carboxylic acids is 3. The Hall–Kier alpha value is -4.25. The van der Waals surface area contributed by atoms with Gasteiger partial charge in [0.2, 0.25) is 11.8 Å². The number of nitrogens with zero attached hydrogens (tertiary/aromatic N) is 1. The second-order valence-corrected chi connectivity index (χ2v) is 14.2. The maximum atomic E-state index is 11.0. The maximum absolute atomic E-state index is 11.0. The number of amides is 2. The van der Waals surface area contributed by atoms with Gasteiger partial charge in [-0.1, -0.05) is 127 Å². The van der Waals surface area contributed by atoms with E-state index < -0.39 is 5.60 Å². The molecule has 0 unspecified atom stereocenters. The summed E-state index contributed by atoms with van der Waals surface area (Å²) in [5.74, 6) is 2.54. The molecular weight excluding hydrogens is 622 g/mol. The van der Waals surface area contributed by atoms with Crippen molar-refractivity contribution in [2.45, 2.75) is 118 Å². The van der Waals surface area contributed by atoms with E-state index >= 15 is 0 Å². The maximum Gasteiger partial charge on any atom is 0.233 e. The number of aliphatic hydroxyl groups is 1. The lowest BCUT2D eigenvalue weighted by atomic mass is 9.63. The Balaban J connectivity index is 0. The monoisotopic (exact) mass is 687 g/mol. The number of rotatable bonds is 5. The van der Waals surface area contributed by atoms with Crippen LogP contribution in [0.5, 0.6) is 0 Å². The minimum atomic E-state index is -0.500. The summed E-state index contributed by atoms with van der Waals surface area (Å²) in [4.78, 5) is 31.1. The van der Waals surface area contributed by atoms with Crippen LogP contribution in [0, 0.1) is 12.3 Å². The Morgan fingerprint density at radius 1 is 0.760 bits per heavy atom. The zero-order chi connectivity index (χ0) is 39.0. The van der Waals surface area contributed by atoms with E-state index in [0.717, 1.165) is 11.1 Å². The third kappa shape index (κ3) is 24.0. The van der Waals surface area contributed by atoms with Crippen LogP contribution in [0.2, 0.25) is 0 Å². The van der Waals surface area contributed by atoms with Crippen molar-refractivity contribution < 1.29 is 19.5 Å². The number of hydrogen-bond acceptors (Lipinski definition) is 5. The molecule has 50 heavy (non-hydrogen) atoms. The third-order valence-electron chi connectivity index (χ3n) is 7.14. The highest BCUT2D eigenvalue weighted by molar-refractivity contribution is 5.95. The Morgan fingerprint density at radius 2 is 1.12 bits per heavy atom. The Morgan fingerprint density at radius 3 is 1.38 bits per heavy atom. The molecule has 4 rings (SSSR count). The lowest BCUT2D eigenvalue weighted by molar-refractivity contribution is -0.124. The van der Waals surface area contributed by atoms with Gasteiger partial charge in [-0.25, -0.2) is 5.01 Å². The zero-order valence-corrected chi connectivity index (χ0v) is 32.9. The molecule has 3 aromatic carbocycles. The number of benzene rings is 3. The smallest absolute Gasteiger partial charge is 0.233 e. The van der Waals surface area contributed by atoms with Crippen molar-refractivity contribution in [1.82, 2.24) is 10.4 Å². The van der Waals surface area contributed by atoms with Gasteiger partial charge >= 0.3 is 0 Å². The number of primary amides is 1. The van der Waals surface area contributed by atoms with E-state index in [1.54, 1.807) is 57.9 Å². The standard InChI is InChI=1S/C14H20.C9H10O.C8H6.C5H12N2O.C4H10O.C3H7NO/c1-13(2)9-10-14(3,4)12-8-6-5-7-11(12)13;1-2-9(10)8-6-4-3-5-7-8;1-2-8-6-4-3-5-7-8;1-4-5(8)6-7(2)3;1-4(2,3)5;1-2-3(4)5/h5-8H,9-10H2,1-4H3;3-7H,2H2,1H3;1,3-7H;4H2,1-3H3,(H,6,8);5H,1-3H3;2H2,1H3,(H2,4,5). The predicted octanol–water partition coefficient (Wildman–Crippen LogP) is 8.63. The van der Waals surface area contributed by atoms with E-state index in [1.165, 1.54) is 12.8 Å². The summed E-state index contributed by atoms with van der Waals surface area (Å²) in [6, 6.07) is 27.9. The van der Waals surface area contributed by atoms with Gasteiger partial charge in [0, 0.05) is 44.5 Å². The number of nitrogens with two attached hydrogens (primary N) is 1. The lowest BCUT2D eigenvalue weighted by Gasteiger charge is -2.41. The quantitative estimate of drug-likeness (QED) is 0.141. The summed E-state index contributed by atoms with van der Waals surface area (Å²) in [6.45, 7) is 20.1. The van der Waals surface area contributed by atoms with E-state index in [1.807, 2.05) is 74.5 Å². The SMILES string of the molecule is C#Cc1ccccc1.CC(C)(C)O.CC1(C)CCC(C)(C)c2ccccc21.CCC(=O)NN(C)C.CCC(=O)c1ccccc1.CCC(N)=O. The lowest BCUT2D eigenvalue weighted by Crippen LogP contribution is -2.35. The molecule has 0 fully saturated rings. The number of Topliss-reactive ketones (excluding diaryl/α,β-unsaturated/α-hetero) is 1. The van der Waals surface area contributed by atoms with E-state index in [2.05, 4.69) is 69.0 Å². The van der Waals surface area contributed by atoms with Gasteiger partial charge in [0.25, 0.3) is 0 Å². The minimum Gasteiger partial charge on any atom is -0.391 e. The Labute approximate surface area is 304 Å². The first-order valence-corrected chi connectivity index (χ1v) is 17.3. The van der Waals surface area contributed by atoms with Crippen LogP contribution in [0.4, 0.5) is 0 Å². The van der Waals surface area contributed by atoms with Crippen LogP contribution in [0.1, 0.15) is 128 Å². The predicted molar refractivity (Wildman–Crippen MR) is 211 cm³/mol. The highest BCUT2D eigenvalue weighted by Crippen LogP contribution is 2.45.